The number of fused-ring (bicyclic) bond motifs is 4. The second kappa shape index (κ2) is 10.5. The third-order valence-electron chi connectivity index (χ3n) is 8.24. The number of hydrogen-bond acceptors (Lipinski definition) is 6. The van der Waals surface area contributed by atoms with Crippen LogP contribution in [0.4, 0.5) is 10.2 Å². The van der Waals surface area contributed by atoms with Crippen LogP contribution in [0.3, 0.4) is 0 Å². The summed E-state index contributed by atoms with van der Waals surface area (Å²) < 4.78 is 26.5. The Bertz CT molecular complexity index is 1120. The van der Waals surface area contributed by atoms with Gasteiger partial charge in [0.2, 0.25) is 0 Å². The molecule has 2 aromatic rings. The van der Waals surface area contributed by atoms with Gasteiger partial charge in [0, 0.05) is 44.1 Å². The monoisotopic (exact) mass is 493 g/mol. The summed E-state index contributed by atoms with van der Waals surface area (Å²) in [6.07, 6.45) is 9.96. The van der Waals surface area contributed by atoms with E-state index in [-0.39, 0.29) is 24.1 Å². The maximum atomic E-state index is 14.2. The van der Waals surface area contributed by atoms with E-state index < -0.39 is 0 Å². The molecule has 36 heavy (non-hydrogen) atoms. The molecule has 4 heterocycles. The van der Waals surface area contributed by atoms with Crippen molar-refractivity contribution in [2.45, 2.75) is 75.7 Å². The van der Waals surface area contributed by atoms with Crippen molar-refractivity contribution in [1.82, 2.24) is 9.88 Å². The van der Waals surface area contributed by atoms with Gasteiger partial charge in [-0.2, -0.15) is 0 Å². The molecule has 6 rings (SSSR count). The van der Waals surface area contributed by atoms with E-state index >= 15 is 0 Å². The van der Waals surface area contributed by atoms with E-state index in [2.05, 4.69) is 21.3 Å². The summed E-state index contributed by atoms with van der Waals surface area (Å²) in [6.45, 7) is 2.99. The number of aliphatic hydroxyl groups is 1. The SMILES string of the molecule is OC1=C2CCCO[C@@H]2c2ccc(F)cc2[C@H]1N1CC[C@@H](OCCCC[C@@H]2CCc3cccnc3N2)C1. The van der Waals surface area contributed by atoms with E-state index in [0.29, 0.717) is 18.4 Å². The molecule has 0 unspecified atom stereocenters. The highest BCUT2D eigenvalue weighted by Gasteiger charge is 2.41. The summed E-state index contributed by atoms with van der Waals surface area (Å²) in [6, 6.07) is 9.25. The van der Waals surface area contributed by atoms with E-state index in [0.717, 1.165) is 93.6 Å². The number of likely N-dealkylation sites (tertiary alicyclic amines) is 1. The fourth-order valence-corrected chi connectivity index (χ4v) is 6.40. The first kappa shape index (κ1) is 23.9. The zero-order valence-corrected chi connectivity index (χ0v) is 20.8. The molecule has 3 aliphatic heterocycles. The van der Waals surface area contributed by atoms with E-state index in [9.17, 15) is 9.50 Å². The van der Waals surface area contributed by atoms with Crippen LogP contribution in [0.15, 0.2) is 47.9 Å². The second-order valence-corrected chi connectivity index (χ2v) is 10.6. The van der Waals surface area contributed by atoms with Crippen molar-refractivity contribution in [3.8, 4) is 0 Å². The number of ether oxygens (including phenoxy) is 2. The maximum Gasteiger partial charge on any atom is 0.129 e. The summed E-state index contributed by atoms with van der Waals surface area (Å²) in [4.78, 5) is 6.73. The summed E-state index contributed by atoms with van der Waals surface area (Å²) in [5.41, 5.74) is 4.11. The Morgan fingerprint density at radius 2 is 2.11 bits per heavy atom. The van der Waals surface area contributed by atoms with E-state index in [1.165, 1.54) is 11.6 Å². The van der Waals surface area contributed by atoms with E-state index in [4.69, 9.17) is 9.47 Å². The number of anilines is 1. The summed E-state index contributed by atoms with van der Waals surface area (Å²) in [5.74, 6) is 1.13. The minimum absolute atomic E-state index is 0.143. The normalized spacial score (nSPS) is 27.8. The number of unbranched alkanes of at least 4 members (excludes halogenated alkanes) is 1. The number of pyridine rings is 1. The first-order valence-electron chi connectivity index (χ1n) is 13.6. The predicted octanol–water partition coefficient (Wildman–Crippen LogP) is 5.63. The summed E-state index contributed by atoms with van der Waals surface area (Å²) in [7, 11) is 0. The fourth-order valence-electron chi connectivity index (χ4n) is 6.40. The number of nitrogens with zero attached hydrogens (tertiary/aromatic N) is 2. The molecule has 2 N–H and O–H groups in total. The molecule has 0 saturated carbocycles. The number of benzene rings is 1. The van der Waals surface area contributed by atoms with Crippen molar-refractivity contribution in [2.24, 2.45) is 0 Å². The molecular weight excluding hydrogens is 457 g/mol. The topological polar surface area (TPSA) is 66.9 Å². The van der Waals surface area contributed by atoms with E-state index in [1.807, 2.05) is 18.3 Å². The van der Waals surface area contributed by atoms with Crippen molar-refractivity contribution >= 4 is 5.82 Å². The highest BCUT2D eigenvalue weighted by atomic mass is 19.1. The molecule has 2 fully saturated rings. The second-order valence-electron chi connectivity index (χ2n) is 10.6. The van der Waals surface area contributed by atoms with Gasteiger partial charge >= 0.3 is 0 Å². The quantitative estimate of drug-likeness (QED) is 0.488. The molecule has 4 atom stereocenters. The number of nitrogens with one attached hydrogen (secondary N) is 1. The highest BCUT2D eigenvalue weighted by molar-refractivity contribution is 5.47. The molecule has 1 aliphatic carbocycles. The van der Waals surface area contributed by atoms with Gasteiger partial charge in [-0.05, 0) is 86.3 Å². The number of halogens is 1. The zero-order valence-electron chi connectivity index (χ0n) is 20.8. The minimum atomic E-state index is -0.314. The molecule has 0 amide bonds. The first-order chi connectivity index (χ1) is 17.7. The van der Waals surface area contributed by atoms with Gasteiger partial charge in [0.1, 0.15) is 23.5 Å². The zero-order chi connectivity index (χ0) is 24.5. The van der Waals surface area contributed by atoms with Gasteiger partial charge in [-0.1, -0.05) is 12.1 Å². The Hall–Kier alpha value is -2.48. The van der Waals surface area contributed by atoms with Gasteiger partial charge in [-0.25, -0.2) is 9.37 Å². The van der Waals surface area contributed by atoms with Crippen LogP contribution in [0, 0.1) is 5.82 Å². The molecule has 1 aromatic carbocycles. The Morgan fingerprint density at radius 1 is 1.17 bits per heavy atom. The predicted molar refractivity (Wildman–Crippen MR) is 136 cm³/mol. The standard InChI is InChI=1S/C29H36FN3O3/c30-20-9-11-23-25(17-20)26(27(34)24-7-4-16-36-28(23)24)33-14-12-22(18-33)35-15-2-1-6-21-10-8-19-5-3-13-31-29(19)32-21/h3,5,9,11,13,17,21-22,26,28,34H,1-2,4,6-8,10,12,14-16,18H2,(H,31,32)/t21-,22-,26-,28-/m1/s1. The lowest BCUT2D eigenvalue weighted by atomic mass is 9.81. The number of aryl methyl sites for hydroxylation is 1. The Labute approximate surface area is 212 Å². The van der Waals surface area contributed by atoms with Crippen LogP contribution >= 0.6 is 0 Å². The Kier molecular flexibility index (Phi) is 6.96. The molecule has 6 nitrogen and oxygen atoms in total. The molecule has 0 radical (unpaired) electrons. The van der Waals surface area contributed by atoms with Crippen molar-refractivity contribution in [1.29, 1.82) is 0 Å². The minimum Gasteiger partial charge on any atom is -0.510 e. The third kappa shape index (κ3) is 4.76. The average Bonchev–Trinajstić information content (AvgIpc) is 3.37. The smallest absolute Gasteiger partial charge is 0.129 e. The largest absolute Gasteiger partial charge is 0.510 e. The van der Waals surface area contributed by atoms with Gasteiger partial charge in [-0.3, -0.25) is 4.90 Å². The van der Waals surface area contributed by atoms with Gasteiger partial charge in [0.25, 0.3) is 0 Å². The molecule has 4 aliphatic rings. The lowest BCUT2D eigenvalue weighted by Crippen LogP contribution is -2.35. The lowest BCUT2D eigenvalue weighted by molar-refractivity contribution is 0.0334. The van der Waals surface area contributed by atoms with Gasteiger partial charge in [0.15, 0.2) is 0 Å². The molecule has 0 bridgehead atoms. The first-order valence-corrected chi connectivity index (χ1v) is 13.6. The van der Waals surface area contributed by atoms with Crippen molar-refractivity contribution in [3.63, 3.8) is 0 Å². The van der Waals surface area contributed by atoms with Crippen LogP contribution < -0.4 is 5.32 Å². The molecule has 1 aromatic heterocycles. The van der Waals surface area contributed by atoms with Gasteiger partial charge in [-0.15, -0.1) is 0 Å². The van der Waals surface area contributed by atoms with Crippen LogP contribution in [-0.2, 0) is 15.9 Å². The van der Waals surface area contributed by atoms with Crippen LogP contribution in [0.1, 0.15) is 73.8 Å². The number of aliphatic hydroxyl groups excluding tert-OH is 1. The van der Waals surface area contributed by atoms with Crippen LogP contribution in [0.2, 0.25) is 0 Å². The maximum absolute atomic E-state index is 14.2. The molecule has 2 saturated heterocycles. The summed E-state index contributed by atoms with van der Waals surface area (Å²) in [5, 5.41) is 14.8. The van der Waals surface area contributed by atoms with E-state index in [1.54, 1.807) is 6.07 Å². The molecule has 192 valence electrons. The van der Waals surface area contributed by atoms with Crippen LogP contribution in [-0.4, -0.2) is 53.4 Å². The number of hydrogen-bond donors (Lipinski definition) is 2. The highest BCUT2D eigenvalue weighted by Crippen LogP contribution is 2.48. The third-order valence-corrected chi connectivity index (χ3v) is 8.24. The molecule has 7 heteroatoms. The lowest BCUT2D eigenvalue weighted by Gasteiger charge is -2.39. The Balaban J connectivity index is 1.01. The Morgan fingerprint density at radius 3 is 3.06 bits per heavy atom. The molecule has 0 spiro atoms. The van der Waals surface area contributed by atoms with Crippen molar-refractivity contribution in [2.75, 3.05) is 31.6 Å². The fraction of sp³-hybridized carbons (Fsp3) is 0.552. The average molecular weight is 494 g/mol. The van der Waals surface area contributed by atoms with Crippen LogP contribution in [0.25, 0.3) is 0 Å². The van der Waals surface area contributed by atoms with Crippen molar-refractivity contribution < 1.29 is 19.0 Å². The van der Waals surface area contributed by atoms with Crippen molar-refractivity contribution in [3.05, 3.63) is 70.4 Å². The number of rotatable bonds is 7. The summed E-state index contributed by atoms with van der Waals surface area (Å²) >= 11 is 0. The molecular formula is C29H36FN3O3. The van der Waals surface area contributed by atoms with Gasteiger partial charge in [0.05, 0.1) is 12.1 Å². The number of aromatic nitrogens is 1. The van der Waals surface area contributed by atoms with Gasteiger partial charge < -0.3 is 19.9 Å². The van der Waals surface area contributed by atoms with Crippen LogP contribution in [0.5, 0.6) is 0 Å².